The highest BCUT2D eigenvalue weighted by molar-refractivity contribution is 4.88. The molecule has 0 heterocycles. The number of rotatable bonds is 5. The molecule has 4 atom stereocenters. The van der Waals surface area contributed by atoms with Gasteiger partial charge in [-0.3, -0.25) is 0 Å². The van der Waals surface area contributed by atoms with Crippen LogP contribution in [0.25, 0.3) is 0 Å². The maximum absolute atomic E-state index is 6.45. The van der Waals surface area contributed by atoms with Crippen molar-refractivity contribution in [3.63, 3.8) is 0 Å². The molecule has 0 spiro atoms. The fourth-order valence-electron chi connectivity index (χ4n) is 3.79. The molecule has 0 aliphatic heterocycles. The Morgan fingerprint density at radius 1 is 1.11 bits per heavy atom. The molecule has 0 bridgehead atoms. The zero-order valence-electron chi connectivity index (χ0n) is 12.4. The summed E-state index contributed by atoms with van der Waals surface area (Å²) in [5, 5.41) is 0. The van der Waals surface area contributed by atoms with E-state index in [1.165, 1.54) is 38.5 Å². The van der Waals surface area contributed by atoms with Crippen LogP contribution in [0.3, 0.4) is 0 Å². The zero-order chi connectivity index (χ0) is 13.1. The first-order valence-corrected chi connectivity index (χ1v) is 7.97. The van der Waals surface area contributed by atoms with E-state index in [0.717, 1.165) is 30.3 Å². The number of ether oxygens (including phenoxy) is 1. The lowest BCUT2D eigenvalue weighted by atomic mass is 9.70. The van der Waals surface area contributed by atoms with Crippen LogP contribution < -0.4 is 5.73 Å². The second kappa shape index (κ2) is 6.38. The monoisotopic (exact) mass is 253 g/mol. The lowest BCUT2D eigenvalue weighted by Crippen LogP contribution is -2.41. The van der Waals surface area contributed by atoms with E-state index in [2.05, 4.69) is 20.8 Å². The Hall–Kier alpha value is -0.0800. The van der Waals surface area contributed by atoms with Crippen LogP contribution in [0.15, 0.2) is 0 Å². The van der Waals surface area contributed by atoms with Gasteiger partial charge in [0.15, 0.2) is 0 Å². The molecule has 106 valence electrons. The van der Waals surface area contributed by atoms with Gasteiger partial charge < -0.3 is 10.5 Å². The van der Waals surface area contributed by atoms with Crippen LogP contribution in [0.1, 0.15) is 59.3 Å². The third-order valence-electron chi connectivity index (χ3n) is 5.44. The van der Waals surface area contributed by atoms with Gasteiger partial charge in [0.2, 0.25) is 0 Å². The standard InChI is InChI=1S/C16H31NO/c1-4-18-15-8-13(9-15)10-16(17)14-6-5-11(2)12(3)7-14/h11-16H,4-10,17H2,1-3H3. The van der Waals surface area contributed by atoms with E-state index >= 15 is 0 Å². The van der Waals surface area contributed by atoms with Crippen LogP contribution in [0.5, 0.6) is 0 Å². The van der Waals surface area contributed by atoms with E-state index in [1.807, 2.05) is 0 Å². The Morgan fingerprint density at radius 3 is 2.44 bits per heavy atom. The van der Waals surface area contributed by atoms with E-state index < -0.39 is 0 Å². The molecule has 2 nitrogen and oxygen atoms in total. The molecule has 4 unspecified atom stereocenters. The molecule has 2 fully saturated rings. The molecular formula is C16H31NO. The second-order valence-electron chi connectivity index (χ2n) is 6.84. The Morgan fingerprint density at radius 2 is 1.83 bits per heavy atom. The van der Waals surface area contributed by atoms with Crippen molar-refractivity contribution < 1.29 is 4.74 Å². The summed E-state index contributed by atoms with van der Waals surface area (Å²) in [5.41, 5.74) is 6.45. The van der Waals surface area contributed by atoms with E-state index in [1.54, 1.807) is 0 Å². The van der Waals surface area contributed by atoms with Crippen LogP contribution in [0.2, 0.25) is 0 Å². The first kappa shape index (κ1) is 14.3. The summed E-state index contributed by atoms with van der Waals surface area (Å²) < 4.78 is 5.63. The first-order valence-electron chi connectivity index (χ1n) is 7.97. The van der Waals surface area contributed by atoms with Gasteiger partial charge in [-0.05, 0) is 62.7 Å². The van der Waals surface area contributed by atoms with Gasteiger partial charge in [-0.15, -0.1) is 0 Å². The Kier molecular flexibility index (Phi) is 5.08. The van der Waals surface area contributed by atoms with Crippen molar-refractivity contribution in [2.24, 2.45) is 29.4 Å². The predicted molar refractivity (Wildman–Crippen MR) is 76.4 cm³/mol. The summed E-state index contributed by atoms with van der Waals surface area (Å²) in [6.07, 6.45) is 8.36. The molecule has 0 saturated heterocycles. The second-order valence-corrected chi connectivity index (χ2v) is 6.84. The largest absolute Gasteiger partial charge is 0.378 e. The topological polar surface area (TPSA) is 35.2 Å². The molecule has 2 rings (SSSR count). The van der Waals surface area contributed by atoms with Gasteiger partial charge in [0.1, 0.15) is 0 Å². The smallest absolute Gasteiger partial charge is 0.0580 e. The summed E-state index contributed by atoms with van der Waals surface area (Å²) in [6.45, 7) is 7.74. The summed E-state index contributed by atoms with van der Waals surface area (Å²) in [4.78, 5) is 0. The van der Waals surface area contributed by atoms with Crippen LogP contribution in [-0.2, 0) is 4.74 Å². The minimum atomic E-state index is 0.438. The summed E-state index contributed by atoms with van der Waals surface area (Å²) in [5.74, 6) is 3.39. The molecule has 18 heavy (non-hydrogen) atoms. The third-order valence-corrected chi connectivity index (χ3v) is 5.44. The fourth-order valence-corrected chi connectivity index (χ4v) is 3.79. The summed E-state index contributed by atoms with van der Waals surface area (Å²) in [7, 11) is 0. The molecule has 0 radical (unpaired) electrons. The average Bonchev–Trinajstić information content (AvgIpc) is 2.30. The lowest BCUT2D eigenvalue weighted by molar-refractivity contribution is -0.0305. The molecule has 2 aliphatic rings. The number of hydrogen-bond donors (Lipinski definition) is 1. The van der Waals surface area contributed by atoms with Crippen molar-refractivity contribution in [1.29, 1.82) is 0 Å². The molecule has 2 heteroatoms. The fraction of sp³-hybridized carbons (Fsp3) is 1.00. The Labute approximate surface area is 113 Å². The minimum Gasteiger partial charge on any atom is -0.378 e. The van der Waals surface area contributed by atoms with Crippen LogP contribution in [-0.4, -0.2) is 18.8 Å². The van der Waals surface area contributed by atoms with Crippen LogP contribution in [0.4, 0.5) is 0 Å². The highest BCUT2D eigenvalue weighted by Gasteiger charge is 2.34. The lowest BCUT2D eigenvalue weighted by Gasteiger charge is -2.40. The summed E-state index contributed by atoms with van der Waals surface area (Å²) in [6, 6.07) is 0.438. The molecule has 0 aromatic rings. The van der Waals surface area contributed by atoms with E-state index in [-0.39, 0.29) is 0 Å². The number of nitrogens with two attached hydrogens (primary N) is 1. The normalized spacial score (nSPS) is 42.3. The summed E-state index contributed by atoms with van der Waals surface area (Å²) >= 11 is 0. The van der Waals surface area contributed by atoms with Crippen LogP contribution >= 0.6 is 0 Å². The van der Waals surface area contributed by atoms with Crippen molar-refractivity contribution in [2.45, 2.75) is 71.4 Å². The van der Waals surface area contributed by atoms with Gasteiger partial charge in [0.25, 0.3) is 0 Å². The zero-order valence-corrected chi connectivity index (χ0v) is 12.4. The molecule has 2 aliphatic carbocycles. The number of hydrogen-bond acceptors (Lipinski definition) is 2. The highest BCUT2D eigenvalue weighted by atomic mass is 16.5. The van der Waals surface area contributed by atoms with E-state index in [0.29, 0.717) is 12.1 Å². The van der Waals surface area contributed by atoms with Gasteiger partial charge in [-0.25, -0.2) is 0 Å². The van der Waals surface area contributed by atoms with Crippen molar-refractivity contribution in [2.75, 3.05) is 6.61 Å². The molecule has 0 aromatic heterocycles. The Bertz CT molecular complexity index is 249. The van der Waals surface area contributed by atoms with Crippen molar-refractivity contribution in [1.82, 2.24) is 0 Å². The van der Waals surface area contributed by atoms with Crippen molar-refractivity contribution in [3.8, 4) is 0 Å². The van der Waals surface area contributed by atoms with Crippen molar-refractivity contribution in [3.05, 3.63) is 0 Å². The molecular weight excluding hydrogens is 222 g/mol. The molecule has 0 amide bonds. The van der Waals surface area contributed by atoms with Gasteiger partial charge >= 0.3 is 0 Å². The molecule has 0 aromatic carbocycles. The first-order chi connectivity index (χ1) is 8.60. The highest BCUT2D eigenvalue weighted by Crippen LogP contribution is 2.39. The van der Waals surface area contributed by atoms with Gasteiger partial charge in [0, 0.05) is 12.6 Å². The van der Waals surface area contributed by atoms with Gasteiger partial charge in [-0.1, -0.05) is 20.3 Å². The maximum Gasteiger partial charge on any atom is 0.0580 e. The van der Waals surface area contributed by atoms with Crippen LogP contribution in [0, 0.1) is 23.7 Å². The van der Waals surface area contributed by atoms with Gasteiger partial charge in [0.05, 0.1) is 6.10 Å². The van der Waals surface area contributed by atoms with Gasteiger partial charge in [-0.2, -0.15) is 0 Å². The van der Waals surface area contributed by atoms with E-state index in [4.69, 9.17) is 10.5 Å². The van der Waals surface area contributed by atoms with Crippen molar-refractivity contribution >= 4 is 0 Å². The predicted octanol–water partition coefficient (Wildman–Crippen LogP) is 3.59. The average molecular weight is 253 g/mol. The minimum absolute atomic E-state index is 0.438. The Balaban J connectivity index is 1.68. The quantitative estimate of drug-likeness (QED) is 0.812. The third kappa shape index (κ3) is 3.48. The van der Waals surface area contributed by atoms with E-state index in [9.17, 15) is 0 Å². The molecule has 2 saturated carbocycles. The SMILES string of the molecule is CCOC1CC(CC(N)C2CCC(C)C(C)C2)C1. The maximum atomic E-state index is 6.45. The molecule has 2 N–H and O–H groups in total.